The predicted octanol–water partition coefficient (Wildman–Crippen LogP) is 2.24. The van der Waals surface area contributed by atoms with Gasteiger partial charge < -0.3 is 4.74 Å². The Hall–Kier alpha value is -1.15. The molecule has 2 nitrogen and oxygen atoms in total. The summed E-state index contributed by atoms with van der Waals surface area (Å²) in [5.74, 6) is 0.238. The van der Waals surface area contributed by atoms with Crippen molar-refractivity contribution in [2.24, 2.45) is 0 Å². The van der Waals surface area contributed by atoms with E-state index in [-0.39, 0.29) is 11.2 Å². The van der Waals surface area contributed by atoms with Gasteiger partial charge in [-0.3, -0.25) is 4.79 Å². The molecule has 0 saturated carbocycles. The normalized spacial score (nSPS) is 18.3. The van der Waals surface area contributed by atoms with Gasteiger partial charge in [0.1, 0.15) is 5.78 Å². The van der Waals surface area contributed by atoms with Crippen molar-refractivity contribution in [3.63, 3.8) is 0 Å². The Morgan fingerprint density at radius 2 is 2.07 bits per heavy atom. The van der Waals surface area contributed by atoms with Crippen LogP contribution in [0.15, 0.2) is 24.3 Å². The van der Waals surface area contributed by atoms with Crippen LogP contribution in [0.25, 0.3) is 0 Å². The molecule has 1 saturated heterocycles. The molecule has 0 spiro atoms. The van der Waals surface area contributed by atoms with E-state index in [0.29, 0.717) is 19.6 Å². The van der Waals surface area contributed by atoms with Gasteiger partial charge in [-0.15, -0.1) is 0 Å². The fraction of sp³-hybridized carbons (Fsp3) is 0.462. The van der Waals surface area contributed by atoms with Crippen molar-refractivity contribution < 1.29 is 9.53 Å². The van der Waals surface area contributed by atoms with Crippen LogP contribution in [0.5, 0.6) is 0 Å². The van der Waals surface area contributed by atoms with Gasteiger partial charge in [-0.2, -0.15) is 0 Å². The van der Waals surface area contributed by atoms with Crippen LogP contribution in [0.2, 0.25) is 0 Å². The summed E-state index contributed by atoms with van der Waals surface area (Å²) in [5, 5.41) is 0. The fourth-order valence-electron chi connectivity index (χ4n) is 2.35. The van der Waals surface area contributed by atoms with Crippen LogP contribution in [0.4, 0.5) is 0 Å². The molecule has 0 radical (unpaired) electrons. The van der Waals surface area contributed by atoms with Crippen molar-refractivity contribution in [2.45, 2.75) is 25.7 Å². The summed E-state index contributed by atoms with van der Waals surface area (Å²) in [6, 6.07) is 8.26. The molecule has 1 aromatic rings. The van der Waals surface area contributed by atoms with Crippen LogP contribution in [-0.4, -0.2) is 19.0 Å². The third-order valence-corrected chi connectivity index (χ3v) is 3.06. The van der Waals surface area contributed by atoms with Gasteiger partial charge in [0.15, 0.2) is 0 Å². The first-order chi connectivity index (χ1) is 7.14. The molecule has 15 heavy (non-hydrogen) atoms. The highest BCUT2D eigenvalue weighted by atomic mass is 16.5. The average molecular weight is 204 g/mol. The summed E-state index contributed by atoms with van der Waals surface area (Å²) in [6.07, 6.45) is 0.595. The first-order valence-electron chi connectivity index (χ1n) is 5.27. The Kier molecular flexibility index (Phi) is 2.61. The number of carbonyl (C=O) groups is 1. The first-order valence-corrected chi connectivity index (χ1v) is 5.27. The van der Waals surface area contributed by atoms with Crippen molar-refractivity contribution in [3.05, 3.63) is 35.4 Å². The molecule has 1 aromatic carbocycles. The highest BCUT2D eigenvalue weighted by molar-refractivity contribution is 5.77. The molecule has 0 N–H and O–H groups in total. The molecule has 80 valence electrons. The van der Waals surface area contributed by atoms with E-state index in [9.17, 15) is 4.79 Å². The number of aryl methyl sites for hydroxylation is 1. The molecule has 1 fully saturated rings. The minimum absolute atomic E-state index is 0.0445. The molecule has 0 aromatic heterocycles. The third kappa shape index (κ3) is 1.82. The molecule has 2 rings (SSSR count). The summed E-state index contributed by atoms with van der Waals surface area (Å²) < 4.78 is 5.30. The maximum absolute atomic E-state index is 11.3. The van der Waals surface area contributed by atoms with Crippen molar-refractivity contribution in [1.82, 2.24) is 0 Å². The van der Waals surface area contributed by atoms with Gasteiger partial charge in [0.25, 0.3) is 0 Å². The lowest BCUT2D eigenvalue weighted by molar-refractivity contribution is -0.125. The number of ether oxygens (including phenoxy) is 1. The SMILES string of the molecule is CC(=O)CC1(c2ccccc2C)COC1. The van der Waals surface area contributed by atoms with Gasteiger partial charge in [0.05, 0.1) is 13.2 Å². The van der Waals surface area contributed by atoms with Crippen LogP contribution >= 0.6 is 0 Å². The van der Waals surface area contributed by atoms with Gasteiger partial charge in [0, 0.05) is 11.8 Å². The van der Waals surface area contributed by atoms with E-state index >= 15 is 0 Å². The second-order valence-corrected chi connectivity index (χ2v) is 4.47. The zero-order chi connectivity index (χ0) is 10.9. The molecule has 0 bridgehead atoms. The van der Waals surface area contributed by atoms with E-state index < -0.39 is 0 Å². The molecular weight excluding hydrogens is 188 g/mol. The molecule has 1 aliphatic rings. The van der Waals surface area contributed by atoms with E-state index in [1.807, 2.05) is 12.1 Å². The second kappa shape index (κ2) is 3.78. The second-order valence-electron chi connectivity index (χ2n) is 4.47. The quantitative estimate of drug-likeness (QED) is 0.754. The van der Waals surface area contributed by atoms with E-state index in [2.05, 4.69) is 19.1 Å². The van der Waals surface area contributed by atoms with Crippen LogP contribution in [0.1, 0.15) is 24.5 Å². The summed E-state index contributed by atoms with van der Waals surface area (Å²) in [4.78, 5) is 11.3. The van der Waals surface area contributed by atoms with Crippen molar-refractivity contribution in [1.29, 1.82) is 0 Å². The maximum Gasteiger partial charge on any atom is 0.130 e. The average Bonchev–Trinajstić information content (AvgIpc) is 2.12. The highest BCUT2D eigenvalue weighted by Crippen LogP contribution is 2.37. The van der Waals surface area contributed by atoms with Gasteiger partial charge in [-0.05, 0) is 25.0 Å². The summed E-state index contributed by atoms with van der Waals surface area (Å²) in [5.41, 5.74) is 2.48. The predicted molar refractivity (Wildman–Crippen MR) is 59.0 cm³/mol. The molecule has 2 heteroatoms. The molecule has 1 heterocycles. The van der Waals surface area contributed by atoms with E-state index in [4.69, 9.17) is 4.74 Å². The van der Waals surface area contributed by atoms with Crippen LogP contribution in [-0.2, 0) is 14.9 Å². The zero-order valence-electron chi connectivity index (χ0n) is 9.25. The lowest BCUT2D eigenvalue weighted by atomic mass is 9.73. The van der Waals surface area contributed by atoms with Crippen molar-refractivity contribution in [2.75, 3.05) is 13.2 Å². The molecule has 0 amide bonds. The van der Waals surface area contributed by atoms with Gasteiger partial charge >= 0.3 is 0 Å². The minimum Gasteiger partial charge on any atom is -0.379 e. The monoisotopic (exact) mass is 204 g/mol. The smallest absolute Gasteiger partial charge is 0.130 e. The van der Waals surface area contributed by atoms with Crippen molar-refractivity contribution in [3.8, 4) is 0 Å². The van der Waals surface area contributed by atoms with Gasteiger partial charge in [-0.1, -0.05) is 24.3 Å². The molecule has 0 atom stereocenters. The number of benzene rings is 1. The summed E-state index contributed by atoms with van der Waals surface area (Å²) in [6.45, 7) is 5.10. The number of Topliss-reactive ketones (excluding diaryl/α,β-unsaturated/α-hetero) is 1. The Balaban J connectivity index is 2.34. The summed E-state index contributed by atoms with van der Waals surface area (Å²) in [7, 11) is 0. The van der Waals surface area contributed by atoms with Gasteiger partial charge in [0.2, 0.25) is 0 Å². The molecule has 0 unspecified atom stereocenters. The third-order valence-electron chi connectivity index (χ3n) is 3.06. The fourth-order valence-corrected chi connectivity index (χ4v) is 2.35. The number of rotatable bonds is 3. The number of carbonyl (C=O) groups excluding carboxylic acids is 1. The van der Waals surface area contributed by atoms with E-state index in [1.54, 1.807) is 6.92 Å². The van der Waals surface area contributed by atoms with Crippen LogP contribution in [0.3, 0.4) is 0 Å². The van der Waals surface area contributed by atoms with E-state index in [0.717, 1.165) is 0 Å². The molecule has 1 aliphatic heterocycles. The standard InChI is InChI=1S/C13H16O2/c1-10-5-3-4-6-12(10)13(7-11(2)14)8-15-9-13/h3-6H,7-9H2,1-2H3. The van der Waals surface area contributed by atoms with Crippen LogP contribution < -0.4 is 0 Å². The minimum atomic E-state index is -0.0445. The number of ketones is 1. The lowest BCUT2D eigenvalue weighted by Crippen LogP contribution is -2.48. The van der Waals surface area contributed by atoms with E-state index in [1.165, 1.54) is 11.1 Å². The Morgan fingerprint density at radius 1 is 1.40 bits per heavy atom. The lowest BCUT2D eigenvalue weighted by Gasteiger charge is -2.42. The van der Waals surface area contributed by atoms with Gasteiger partial charge in [-0.25, -0.2) is 0 Å². The van der Waals surface area contributed by atoms with Crippen molar-refractivity contribution >= 4 is 5.78 Å². The largest absolute Gasteiger partial charge is 0.379 e. The Labute approximate surface area is 90.3 Å². The van der Waals surface area contributed by atoms with Crippen LogP contribution in [0, 0.1) is 6.92 Å². The number of hydrogen-bond acceptors (Lipinski definition) is 2. The molecular formula is C13H16O2. The Bertz CT molecular complexity index is 378. The highest BCUT2D eigenvalue weighted by Gasteiger charge is 2.41. The molecule has 0 aliphatic carbocycles. The number of hydrogen-bond donors (Lipinski definition) is 0. The first kappa shape index (κ1) is 10.4. The zero-order valence-corrected chi connectivity index (χ0v) is 9.25. The summed E-state index contributed by atoms with van der Waals surface area (Å²) >= 11 is 0. The topological polar surface area (TPSA) is 26.3 Å². The Morgan fingerprint density at radius 3 is 2.53 bits per heavy atom. The maximum atomic E-state index is 11.3.